The third-order valence-corrected chi connectivity index (χ3v) is 6.12. The number of nitrogens with zero attached hydrogens (tertiary/aromatic N) is 1. The number of rotatable bonds is 7. The first-order valence-corrected chi connectivity index (χ1v) is 12.2. The molecule has 0 saturated carbocycles. The zero-order chi connectivity index (χ0) is 26.3. The van der Waals surface area contributed by atoms with Crippen LogP contribution in [0.5, 0.6) is 0 Å². The standard InChI is InChI=1S/C28H35N3O5/c1-19-9-11-20(12-10-19)17-29-25(33)22-7-5-6-8-23(22)30-24(32)18-36-26(34)21-13-15-31(16-14-21)27(35)28(2,3)4/h5-12,21H,13-18H2,1-4H3,(H,29,33)(H,30,32). The Morgan fingerprint density at radius 1 is 0.972 bits per heavy atom. The Morgan fingerprint density at radius 3 is 2.25 bits per heavy atom. The van der Waals surface area contributed by atoms with Crippen molar-refractivity contribution in [2.75, 3.05) is 25.0 Å². The minimum absolute atomic E-state index is 0.0651. The van der Waals surface area contributed by atoms with E-state index in [4.69, 9.17) is 4.74 Å². The highest BCUT2D eigenvalue weighted by Crippen LogP contribution is 2.24. The highest BCUT2D eigenvalue weighted by Gasteiger charge is 2.33. The van der Waals surface area contributed by atoms with Crippen molar-refractivity contribution in [2.24, 2.45) is 11.3 Å². The minimum Gasteiger partial charge on any atom is -0.455 e. The van der Waals surface area contributed by atoms with E-state index >= 15 is 0 Å². The molecule has 0 atom stereocenters. The summed E-state index contributed by atoms with van der Waals surface area (Å²) in [6.45, 7) is 8.52. The summed E-state index contributed by atoms with van der Waals surface area (Å²) in [5, 5.41) is 5.52. The number of aryl methyl sites for hydroxylation is 1. The van der Waals surface area contributed by atoms with Crippen LogP contribution in [0.2, 0.25) is 0 Å². The number of hydrogen-bond acceptors (Lipinski definition) is 5. The smallest absolute Gasteiger partial charge is 0.309 e. The SMILES string of the molecule is Cc1ccc(CNC(=O)c2ccccc2NC(=O)COC(=O)C2CCN(C(=O)C(C)(C)C)CC2)cc1. The summed E-state index contributed by atoms with van der Waals surface area (Å²) in [6.07, 6.45) is 1.01. The average molecular weight is 494 g/mol. The second-order valence-electron chi connectivity index (χ2n) is 10.2. The summed E-state index contributed by atoms with van der Waals surface area (Å²) < 4.78 is 5.24. The van der Waals surface area contributed by atoms with E-state index in [9.17, 15) is 19.2 Å². The number of benzene rings is 2. The summed E-state index contributed by atoms with van der Waals surface area (Å²) in [5.41, 5.74) is 2.31. The molecule has 1 heterocycles. The second-order valence-corrected chi connectivity index (χ2v) is 10.2. The molecule has 0 bridgehead atoms. The molecular weight excluding hydrogens is 458 g/mol. The normalized spacial score (nSPS) is 14.2. The molecule has 1 aliphatic heterocycles. The van der Waals surface area contributed by atoms with Gasteiger partial charge in [0.15, 0.2) is 6.61 Å². The van der Waals surface area contributed by atoms with Crippen molar-refractivity contribution in [3.63, 3.8) is 0 Å². The monoisotopic (exact) mass is 493 g/mol. The van der Waals surface area contributed by atoms with E-state index in [-0.39, 0.29) is 17.7 Å². The molecular formula is C28H35N3O5. The maximum Gasteiger partial charge on any atom is 0.309 e. The van der Waals surface area contributed by atoms with Gasteiger partial charge in [-0.1, -0.05) is 62.7 Å². The molecule has 0 aromatic heterocycles. The largest absolute Gasteiger partial charge is 0.455 e. The van der Waals surface area contributed by atoms with Gasteiger partial charge in [-0.25, -0.2) is 0 Å². The number of ether oxygens (including phenoxy) is 1. The topological polar surface area (TPSA) is 105 Å². The van der Waals surface area contributed by atoms with Crippen LogP contribution in [0.3, 0.4) is 0 Å². The summed E-state index contributed by atoms with van der Waals surface area (Å²) in [5.74, 6) is -1.57. The van der Waals surface area contributed by atoms with Gasteiger partial charge in [-0.2, -0.15) is 0 Å². The summed E-state index contributed by atoms with van der Waals surface area (Å²) >= 11 is 0. The van der Waals surface area contributed by atoms with E-state index in [0.717, 1.165) is 11.1 Å². The Kier molecular flexibility index (Phi) is 8.85. The van der Waals surface area contributed by atoms with E-state index in [2.05, 4.69) is 10.6 Å². The molecule has 36 heavy (non-hydrogen) atoms. The maximum absolute atomic E-state index is 12.7. The van der Waals surface area contributed by atoms with Crippen LogP contribution in [0.15, 0.2) is 48.5 Å². The number of piperidine rings is 1. The van der Waals surface area contributed by atoms with Gasteiger partial charge in [0.2, 0.25) is 5.91 Å². The Morgan fingerprint density at radius 2 is 1.61 bits per heavy atom. The van der Waals surface area contributed by atoms with Gasteiger partial charge in [0.25, 0.3) is 11.8 Å². The van der Waals surface area contributed by atoms with Crippen LogP contribution in [0, 0.1) is 18.3 Å². The molecule has 1 saturated heterocycles. The van der Waals surface area contributed by atoms with Crippen LogP contribution < -0.4 is 10.6 Å². The number of amides is 3. The third kappa shape index (κ3) is 7.41. The van der Waals surface area contributed by atoms with Crippen LogP contribution >= 0.6 is 0 Å². The number of esters is 1. The van der Waals surface area contributed by atoms with E-state index in [1.54, 1.807) is 29.2 Å². The van der Waals surface area contributed by atoms with Crippen molar-refractivity contribution in [3.8, 4) is 0 Å². The number of carbonyl (C=O) groups excluding carboxylic acids is 4. The zero-order valence-electron chi connectivity index (χ0n) is 21.4. The summed E-state index contributed by atoms with van der Waals surface area (Å²) in [7, 11) is 0. The average Bonchev–Trinajstić information content (AvgIpc) is 2.86. The summed E-state index contributed by atoms with van der Waals surface area (Å²) in [6, 6.07) is 14.5. The van der Waals surface area contributed by atoms with Crippen molar-refractivity contribution in [1.82, 2.24) is 10.2 Å². The van der Waals surface area contributed by atoms with Gasteiger partial charge in [-0.15, -0.1) is 0 Å². The minimum atomic E-state index is -0.525. The first-order chi connectivity index (χ1) is 17.0. The number of anilines is 1. The molecule has 0 unspecified atom stereocenters. The van der Waals surface area contributed by atoms with Gasteiger partial charge in [-0.05, 0) is 37.5 Å². The van der Waals surface area contributed by atoms with Crippen molar-refractivity contribution < 1.29 is 23.9 Å². The number of carbonyl (C=O) groups is 4. The first-order valence-electron chi connectivity index (χ1n) is 12.2. The molecule has 2 aromatic carbocycles. The van der Waals surface area contributed by atoms with E-state index in [0.29, 0.717) is 43.7 Å². The molecule has 2 aromatic rings. The number of para-hydroxylation sites is 1. The molecule has 1 aliphatic rings. The van der Waals surface area contributed by atoms with Crippen LogP contribution in [0.4, 0.5) is 5.69 Å². The van der Waals surface area contributed by atoms with Gasteiger partial charge in [-0.3, -0.25) is 19.2 Å². The lowest BCUT2D eigenvalue weighted by Gasteiger charge is -2.34. The molecule has 0 spiro atoms. The molecule has 192 valence electrons. The maximum atomic E-state index is 12.7. The van der Waals surface area contributed by atoms with Crippen molar-refractivity contribution in [2.45, 2.75) is 47.1 Å². The van der Waals surface area contributed by atoms with Crippen molar-refractivity contribution >= 4 is 29.4 Å². The Bertz CT molecular complexity index is 1100. The van der Waals surface area contributed by atoms with E-state index in [1.165, 1.54) is 0 Å². The fourth-order valence-electron chi connectivity index (χ4n) is 4.01. The fraction of sp³-hybridized carbons (Fsp3) is 0.429. The lowest BCUT2D eigenvalue weighted by atomic mass is 9.91. The summed E-state index contributed by atoms with van der Waals surface area (Å²) in [4.78, 5) is 51.8. The van der Waals surface area contributed by atoms with Crippen LogP contribution in [-0.4, -0.2) is 48.3 Å². The zero-order valence-corrected chi connectivity index (χ0v) is 21.4. The second kappa shape index (κ2) is 11.8. The number of likely N-dealkylation sites (tertiary alicyclic amines) is 1. The molecule has 3 amide bonds. The third-order valence-electron chi connectivity index (χ3n) is 6.12. The van der Waals surface area contributed by atoms with Gasteiger partial charge >= 0.3 is 5.97 Å². The van der Waals surface area contributed by atoms with Crippen molar-refractivity contribution in [3.05, 3.63) is 65.2 Å². The predicted molar refractivity (Wildman–Crippen MR) is 137 cm³/mol. The molecule has 2 N–H and O–H groups in total. The molecule has 1 fully saturated rings. The molecule has 0 radical (unpaired) electrons. The lowest BCUT2D eigenvalue weighted by Crippen LogP contribution is -2.45. The van der Waals surface area contributed by atoms with Gasteiger partial charge in [0.1, 0.15) is 0 Å². The Labute approximate surface area is 212 Å². The first kappa shape index (κ1) is 26.9. The predicted octanol–water partition coefficient (Wildman–Crippen LogP) is 3.69. The van der Waals surface area contributed by atoms with Crippen LogP contribution in [0.25, 0.3) is 0 Å². The fourth-order valence-corrected chi connectivity index (χ4v) is 4.01. The molecule has 0 aliphatic carbocycles. The van der Waals surface area contributed by atoms with Gasteiger partial charge in [0.05, 0.1) is 17.2 Å². The van der Waals surface area contributed by atoms with Gasteiger partial charge in [0, 0.05) is 25.0 Å². The van der Waals surface area contributed by atoms with Crippen LogP contribution in [-0.2, 0) is 25.7 Å². The van der Waals surface area contributed by atoms with Crippen LogP contribution in [0.1, 0.15) is 55.1 Å². The quantitative estimate of drug-likeness (QED) is 0.573. The van der Waals surface area contributed by atoms with Gasteiger partial charge < -0.3 is 20.3 Å². The number of nitrogens with one attached hydrogen (secondary N) is 2. The number of hydrogen-bond donors (Lipinski definition) is 2. The molecule has 3 rings (SSSR count). The Hall–Kier alpha value is -3.68. The van der Waals surface area contributed by atoms with E-state index in [1.807, 2.05) is 52.0 Å². The van der Waals surface area contributed by atoms with E-state index < -0.39 is 23.9 Å². The Balaban J connectivity index is 1.48. The lowest BCUT2D eigenvalue weighted by molar-refractivity contribution is -0.155. The van der Waals surface area contributed by atoms with Crippen molar-refractivity contribution in [1.29, 1.82) is 0 Å². The molecule has 8 heteroatoms. The highest BCUT2D eigenvalue weighted by atomic mass is 16.5. The molecule has 8 nitrogen and oxygen atoms in total. The highest BCUT2D eigenvalue weighted by molar-refractivity contribution is 6.04.